The molecule has 0 radical (unpaired) electrons. The number of ether oxygens (including phenoxy) is 1. The summed E-state index contributed by atoms with van der Waals surface area (Å²) in [6, 6.07) is 7.11. The van der Waals surface area contributed by atoms with E-state index in [9.17, 15) is 10.3 Å². The van der Waals surface area contributed by atoms with Crippen molar-refractivity contribution in [2.45, 2.75) is 118 Å². The minimum absolute atomic E-state index is 0.00121. The number of esters is 1. The molecule has 0 aromatic heterocycles. The molecule has 1 rings (SSSR count). The Kier molecular flexibility index (Phi) is 10.9. The van der Waals surface area contributed by atoms with Crippen molar-refractivity contribution in [3.63, 3.8) is 0 Å². The predicted molar refractivity (Wildman–Crippen MR) is 158 cm³/mol. The van der Waals surface area contributed by atoms with Gasteiger partial charge >= 0.3 is 5.97 Å². The van der Waals surface area contributed by atoms with Crippen LogP contribution in [0.25, 0.3) is 10.4 Å². The maximum atomic E-state index is 12.3. The van der Waals surface area contributed by atoms with E-state index in [4.69, 9.17) is 13.6 Å². The molecule has 1 aromatic rings. The molecular weight excluding hydrogens is 498 g/mol. The lowest BCUT2D eigenvalue weighted by Gasteiger charge is -2.43. The molecule has 0 aliphatic heterocycles. The monoisotopic (exact) mass is 549 g/mol. The van der Waals surface area contributed by atoms with Crippen molar-refractivity contribution in [3.05, 3.63) is 40.3 Å². The number of carbonyl (C=O) groups is 1. The Morgan fingerprint density at radius 2 is 1.41 bits per heavy atom. The van der Waals surface area contributed by atoms with Crippen molar-refractivity contribution in [1.29, 1.82) is 0 Å². The zero-order valence-corrected chi connectivity index (χ0v) is 27.7. The highest BCUT2D eigenvalue weighted by Crippen LogP contribution is 2.43. The summed E-state index contributed by atoms with van der Waals surface area (Å²) < 4.78 is 19.0. The molecule has 0 aliphatic rings. The van der Waals surface area contributed by atoms with Crippen LogP contribution in [0.1, 0.15) is 80.9 Å². The molecule has 0 bridgehead atoms. The van der Waals surface area contributed by atoms with Gasteiger partial charge in [0, 0.05) is 11.5 Å². The lowest BCUT2D eigenvalue weighted by molar-refractivity contribution is -0.143. The van der Waals surface area contributed by atoms with Gasteiger partial charge < -0.3 is 13.6 Å². The number of hydrogen-bond donors (Lipinski definition) is 0. The molecule has 0 fully saturated rings. The number of nitrogens with zero attached hydrogens (tertiary/aromatic N) is 3. The van der Waals surface area contributed by atoms with Crippen LogP contribution in [0.2, 0.25) is 36.3 Å². The van der Waals surface area contributed by atoms with E-state index < -0.39 is 28.1 Å². The second-order valence-corrected chi connectivity index (χ2v) is 23.8. The van der Waals surface area contributed by atoms with Gasteiger partial charge in [0.15, 0.2) is 16.6 Å². The van der Waals surface area contributed by atoms with Crippen LogP contribution >= 0.6 is 0 Å². The molecule has 0 saturated heterocycles. The number of benzene rings is 1. The normalized spacial score (nSPS) is 15.9. The van der Waals surface area contributed by atoms with E-state index in [0.717, 1.165) is 5.56 Å². The maximum Gasteiger partial charge on any atom is 0.316 e. The van der Waals surface area contributed by atoms with Crippen molar-refractivity contribution in [2.75, 3.05) is 6.61 Å². The van der Waals surface area contributed by atoms with Gasteiger partial charge in [0.05, 0.1) is 17.6 Å². The summed E-state index contributed by atoms with van der Waals surface area (Å²) in [7, 11) is -4.22. The number of rotatable bonds is 10. The fourth-order valence-corrected chi connectivity index (χ4v) is 5.39. The highest BCUT2D eigenvalue weighted by atomic mass is 28.4. The third-order valence-electron chi connectivity index (χ3n) is 7.96. The number of carbonyl (C=O) groups excluding carboxylic acids is 1. The highest BCUT2D eigenvalue weighted by Gasteiger charge is 2.43. The summed E-state index contributed by atoms with van der Waals surface area (Å²) >= 11 is 0. The van der Waals surface area contributed by atoms with Crippen molar-refractivity contribution >= 4 is 22.6 Å². The lowest BCUT2D eigenvalue weighted by atomic mass is 9.91. The third-order valence-corrected chi connectivity index (χ3v) is 16.9. The molecule has 0 heterocycles. The van der Waals surface area contributed by atoms with Crippen LogP contribution in [0.5, 0.6) is 5.75 Å². The van der Waals surface area contributed by atoms with Gasteiger partial charge in [-0.3, -0.25) is 4.79 Å². The summed E-state index contributed by atoms with van der Waals surface area (Å²) in [5.41, 5.74) is 9.78. The first-order chi connectivity index (χ1) is 16.5. The molecule has 3 atom stereocenters. The topological polar surface area (TPSA) is 93.5 Å². The fourth-order valence-electron chi connectivity index (χ4n) is 3.03. The predicted octanol–water partition coefficient (Wildman–Crippen LogP) is 9.04. The van der Waals surface area contributed by atoms with E-state index >= 15 is 0 Å². The minimum atomic E-state index is -2.19. The van der Waals surface area contributed by atoms with E-state index in [0.29, 0.717) is 12.4 Å². The van der Waals surface area contributed by atoms with Gasteiger partial charge in [0.1, 0.15) is 5.75 Å². The molecule has 7 nitrogen and oxygen atoms in total. The molecule has 210 valence electrons. The van der Waals surface area contributed by atoms with Crippen molar-refractivity contribution < 1.29 is 18.4 Å². The molecule has 0 aliphatic carbocycles. The number of azide groups is 1. The van der Waals surface area contributed by atoms with Gasteiger partial charge in [-0.2, -0.15) is 0 Å². The second-order valence-electron chi connectivity index (χ2n) is 14.2. The standard InChI is InChI=1S/C28H51N3O4Si2/c1-20(23(30-31-29)19-33-36(11,12)27(5,6)7)24(35-37(13,14)28(8,9)10)21-15-17-22(18-16-21)34-25(32)26(2,3)4/h15-18,20,23-24H,19H2,1-14H3/t20-,23+,24-/m0/s1. The molecule has 0 unspecified atom stereocenters. The van der Waals surface area contributed by atoms with E-state index in [1.807, 2.05) is 45.0 Å². The molecule has 37 heavy (non-hydrogen) atoms. The van der Waals surface area contributed by atoms with E-state index in [2.05, 4.69) is 84.7 Å². The van der Waals surface area contributed by atoms with E-state index in [1.54, 1.807) is 0 Å². The molecule has 0 saturated carbocycles. The molecule has 9 heteroatoms. The van der Waals surface area contributed by atoms with Crippen LogP contribution in [-0.4, -0.2) is 35.3 Å². The van der Waals surface area contributed by atoms with Crippen molar-refractivity contribution in [3.8, 4) is 5.75 Å². The van der Waals surface area contributed by atoms with Crippen LogP contribution in [0.4, 0.5) is 0 Å². The Labute approximate surface area is 227 Å². The average Bonchev–Trinajstić information content (AvgIpc) is 2.73. The summed E-state index contributed by atoms with van der Waals surface area (Å²) in [4.78, 5) is 15.5. The Morgan fingerprint density at radius 3 is 1.81 bits per heavy atom. The molecule has 0 N–H and O–H groups in total. The molecular formula is C28H51N3O4Si2. The smallest absolute Gasteiger partial charge is 0.316 e. The van der Waals surface area contributed by atoms with Gasteiger partial charge in [-0.25, -0.2) is 0 Å². The van der Waals surface area contributed by atoms with Crippen LogP contribution in [-0.2, 0) is 13.6 Å². The van der Waals surface area contributed by atoms with Gasteiger partial charge in [-0.1, -0.05) is 65.7 Å². The Balaban J connectivity index is 3.39. The minimum Gasteiger partial charge on any atom is -0.426 e. The van der Waals surface area contributed by atoms with Crippen molar-refractivity contribution in [1.82, 2.24) is 0 Å². The molecule has 0 amide bonds. The van der Waals surface area contributed by atoms with E-state index in [1.165, 1.54) is 0 Å². The third kappa shape index (κ3) is 9.25. The quantitative estimate of drug-likeness (QED) is 0.0726. The average molecular weight is 550 g/mol. The van der Waals surface area contributed by atoms with E-state index in [-0.39, 0.29) is 28.1 Å². The first kappa shape index (κ1) is 33.4. The maximum absolute atomic E-state index is 12.3. The largest absolute Gasteiger partial charge is 0.426 e. The summed E-state index contributed by atoms with van der Waals surface area (Å²) in [6.07, 6.45) is -0.313. The first-order valence-corrected chi connectivity index (χ1v) is 19.0. The summed E-state index contributed by atoms with van der Waals surface area (Å²) in [5, 5.41) is 4.22. The summed E-state index contributed by atoms with van der Waals surface area (Å²) in [6.45, 7) is 30.0. The molecule has 0 spiro atoms. The number of hydrogen-bond acceptors (Lipinski definition) is 5. The zero-order chi connectivity index (χ0) is 29.0. The van der Waals surface area contributed by atoms with Gasteiger partial charge in [0.2, 0.25) is 0 Å². The Hall–Kier alpha value is -1.65. The summed E-state index contributed by atoms with van der Waals surface area (Å²) in [5.74, 6) is 0.0712. The van der Waals surface area contributed by atoms with Crippen LogP contribution in [0.3, 0.4) is 0 Å². The Bertz CT molecular complexity index is 952. The SMILES string of the molecule is C[C@H]([C@H](O[Si](C)(C)C(C)(C)C)c1ccc(OC(=O)C(C)(C)C)cc1)[C@@H](CO[Si](C)(C)C(C)(C)C)N=[N+]=[N-]. The zero-order valence-electron chi connectivity index (χ0n) is 25.7. The van der Waals surface area contributed by atoms with Crippen LogP contribution in [0.15, 0.2) is 29.4 Å². The Morgan fingerprint density at radius 1 is 0.919 bits per heavy atom. The van der Waals surface area contributed by atoms with Crippen LogP contribution < -0.4 is 4.74 Å². The lowest BCUT2D eigenvalue weighted by Crippen LogP contribution is -2.46. The molecule has 1 aromatic carbocycles. The fraction of sp³-hybridized carbons (Fsp3) is 0.750. The van der Waals surface area contributed by atoms with Crippen molar-refractivity contribution in [2.24, 2.45) is 16.4 Å². The van der Waals surface area contributed by atoms with Gasteiger partial charge in [-0.05, 0) is 86.2 Å². The van der Waals surface area contributed by atoms with Gasteiger partial charge in [-0.15, -0.1) is 0 Å². The highest BCUT2D eigenvalue weighted by molar-refractivity contribution is 6.74. The second kappa shape index (κ2) is 12.0. The first-order valence-electron chi connectivity index (χ1n) is 13.2. The van der Waals surface area contributed by atoms with Crippen LogP contribution in [0, 0.1) is 11.3 Å². The van der Waals surface area contributed by atoms with Gasteiger partial charge in [0.25, 0.3) is 0 Å².